The Hall–Kier alpha value is -3.83. The van der Waals surface area contributed by atoms with Gasteiger partial charge in [0.05, 0.1) is 17.1 Å². The summed E-state index contributed by atoms with van der Waals surface area (Å²) in [5, 5.41) is 10.4. The van der Waals surface area contributed by atoms with Crippen molar-refractivity contribution in [1.29, 1.82) is 5.26 Å². The second-order valence-corrected chi connectivity index (χ2v) is 13.2. The predicted octanol–water partition coefficient (Wildman–Crippen LogP) is 2.33. The van der Waals surface area contributed by atoms with Crippen LogP contribution in [0.5, 0.6) is 6.01 Å². The lowest BCUT2D eigenvalue weighted by Gasteiger charge is -2.48. The molecule has 1 aliphatic carbocycles. The lowest BCUT2D eigenvalue weighted by Crippen LogP contribution is -2.59. The van der Waals surface area contributed by atoms with Crippen molar-refractivity contribution < 1.29 is 9.13 Å². The van der Waals surface area contributed by atoms with Gasteiger partial charge in [0.25, 0.3) is 5.56 Å². The Balaban J connectivity index is 1.19. The highest BCUT2D eigenvalue weighted by atomic mass is 32.1. The number of hydrogen-bond acceptors (Lipinski definition) is 12. The number of nitrogen functional groups attached to an aromatic ring is 1. The Morgan fingerprint density at radius 2 is 2.19 bits per heavy atom. The third-order valence-electron chi connectivity index (χ3n) is 9.60. The average Bonchev–Trinajstić information content (AvgIpc) is 3.68. The number of nitrogens with zero attached hydrogens (tertiary/aromatic N) is 8. The van der Waals surface area contributed by atoms with Gasteiger partial charge in [0.1, 0.15) is 29.5 Å². The second-order valence-electron chi connectivity index (χ2n) is 12.1. The number of halogens is 1. The molecular weight excluding hydrogens is 559 g/mol. The van der Waals surface area contributed by atoms with Gasteiger partial charge in [-0.25, -0.2) is 4.39 Å². The van der Waals surface area contributed by atoms with Crippen molar-refractivity contribution in [1.82, 2.24) is 29.8 Å². The van der Waals surface area contributed by atoms with E-state index in [2.05, 4.69) is 30.8 Å². The molecule has 3 aromatic heterocycles. The van der Waals surface area contributed by atoms with Crippen molar-refractivity contribution in [3.05, 3.63) is 44.4 Å². The molecule has 0 saturated carbocycles. The zero-order valence-corrected chi connectivity index (χ0v) is 24.5. The molecule has 3 saturated heterocycles. The van der Waals surface area contributed by atoms with Crippen molar-refractivity contribution in [3.8, 4) is 12.1 Å². The first-order chi connectivity index (χ1) is 20.2. The summed E-state index contributed by atoms with van der Waals surface area (Å²) in [6.45, 7) is 4.75. The first-order valence-electron chi connectivity index (χ1n) is 14.3. The van der Waals surface area contributed by atoms with E-state index in [-0.39, 0.29) is 22.5 Å². The summed E-state index contributed by atoms with van der Waals surface area (Å²) in [7, 11) is 1.80. The Bertz CT molecular complexity index is 1630. The number of nitrogens with one attached hydrogen (secondary N) is 1. The number of anilines is 3. The van der Waals surface area contributed by atoms with Crippen LogP contribution in [0.1, 0.15) is 60.3 Å². The van der Waals surface area contributed by atoms with Crippen LogP contribution in [-0.2, 0) is 11.8 Å². The van der Waals surface area contributed by atoms with Gasteiger partial charge in [-0.05, 0) is 44.7 Å². The first kappa shape index (κ1) is 27.0. The van der Waals surface area contributed by atoms with Crippen molar-refractivity contribution in [2.45, 2.75) is 62.2 Å². The predicted molar refractivity (Wildman–Crippen MR) is 156 cm³/mol. The van der Waals surface area contributed by atoms with E-state index in [4.69, 9.17) is 20.4 Å². The fourth-order valence-electron chi connectivity index (χ4n) is 7.33. The number of H-pyrrole nitrogens is 1. The Labute approximate surface area is 246 Å². The highest BCUT2D eigenvalue weighted by molar-refractivity contribution is 7.16. The summed E-state index contributed by atoms with van der Waals surface area (Å²) in [5.41, 5.74) is 7.40. The SMILES string of the molecule is CC(c1ncc[nH]c1=O)N(C)c1nc(OC[C@@]23CCCN2C[C@H](F)C3)nc(N2CC3(CCc4sc(N)c(C#N)c43)C2)n1. The fourth-order valence-corrected chi connectivity index (χ4v) is 8.47. The molecule has 6 heterocycles. The average molecular weight is 593 g/mol. The van der Waals surface area contributed by atoms with Crippen LogP contribution < -0.4 is 25.8 Å². The van der Waals surface area contributed by atoms with Crippen molar-refractivity contribution in [2.75, 3.05) is 55.4 Å². The first-order valence-corrected chi connectivity index (χ1v) is 15.1. The molecule has 14 heteroatoms. The Morgan fingerprint density at radius 1 is 1.36 bits per heavy atom. The Kier molecular flexibility index (Phi) is 6.36. The van der Waals surface area contributed by atoms with Gasteiger partial charge in [0.2, 0.25) is 11.9 Å². The number of rotatable bonds is 7. The molecule has 42 heavy (non-hydrogen) atoms. The van der Waals surface area contributed by atoms with Crippen LogP contribution in [0, 0.1) is 11.3 Å². The molecule has 3 aliphatic heterocycles. The molecule has 12 nitrogen and oxygen atoms in total. The van der Waals surface area contributed by atoms with Gasteiger partial charge in [0.15, 0.2) is 0 Å². The smallest absolute Gasteiger partial charge is 0.323 e. The zero-order valence-electron chi connectivity index (χ0n) is 23.6. The molecule has 3 aromatic rings. The van der Waals surface area contributed by atoms with Gasteiger partial charge in [-0.1, -0.05) is 0 Å². The van der Waals surface area contributed by atoms with E-state index in [1.807, 2.05) is 6.92 Å². The summed E-state index contributed by atoms with van der Waals surface area (Å²) in [6.07, 6.45) is 6.36. The van der Waals surface area contributed by atoms with Crippen LogP contribution in [0.15, 0.2) is 17.2 Å². The number of fused-ring (bicyclic) bond motifs is 3. The molecule has 0 amide bonds. The zero-order chi connectivity index (χ0) is 29.2. The maximum atomic E-state index is 14.4. The summed E-state index contributed by atoms with van der Waals surface area (Å²) in [4.78, 5) is 40.8. The molecule has 0 radical (unpaired) electrons. The molecular formula is C28H33FN10O2S. The number of nitriles is 1. The van der Waals surface area contributed by atoms with Crippen LogP contribution in [0.25, 0.3) is 0 Å². The van der Waals surface area contributed by atoms with E-state index in [1.54, 1.807) is 18.1 Å². The highest BCUT2D eigenvalue weighted by Crippen LogP contribution is 2.52. The lowest BCUT2D eigenvalue weighted by atomic mass is 9.74. The quantitative estimate of drug-likeness (QED) is 0.416. The van der Waals surface area contributed by atoms with E-state index in [1.165, 1.54) is 22.4 Å². The van der Waals surface area contributed by atoms with E-state index >= 15 is 0 Å². The lowest BCUT2D eigenvalue weighted by molar-refractivity contribution is 0.107. The van der Waals surface area contributed by atoms with Crippen molar-refractivity contribution >= 4 is 28.2 Å². The fraction of sp³-hybridized carbons (Fsp3) is 0.571. The van der Waals surface area contributed by atoms with E-state index in [0.717, 1.165) is 37.8 Å². The summed E-state index contributed by atoms with van der Waals surface area (Å²) in [6, 6.07) is 2.05. The van der Waals surface area contributed by atoms with Crippen LogP contribution in [0.3, 0.4) is 0 Å². The Morgan fingerprint density at radius 3 is 2.98 bits per heavy atom. The highest BCUT2D eigenvalue weighted by Gasteiger charge is 2.52. The van der Waals surface area contributed by atoms with Gasteiger partial charge in [-0.2, -0.15) is 20.2 Å². The van der Waals surface area contributed by atoms with Crippen LogP contribution in [0.4, 0.5) is 21.3 Å². The molecule has 3 fully saturated rings. The molecule has 220 valence electrons. The summed E-state index contributed by atoms with van der Waals surface area (Å²) >= 11 is 1.52. The monoisotopic (exact) mass is 592 g/mol. The maximum Gasteiger partial charge on any atom is 0.323 e. The molecule has 3 N–H and O–H groups in total. The molecule has 7 rings (SSSR count). The molecule has 0 bridgehead atoms. The number of nitrogens with two attached hydrogens (primary N) is 1. The van der Waals surface area contributed by atoms with E-state index in [9.17, 15) is 14.4 Å². The van der Waals surface area contributed by atoms with Crippen LogP contribution in [-0.4, -0.2) is 81.4 Å². The normalized spacial score (nSPS) is 24.7. The second kappa shape index (κ2) is 9.88. The third-order valence-corrected chi connectivity index (χ3v) is 10.7. The number of ether oxygens (including phenoxy) is 1. The molecule has 0 aromatic carbocycles. The number of alkyl halides is 1. The minimum atomic E-state index is -0.861. The van der Waals surface area contributed by atoms with Crippen LogP contribution >= 0.6 is 11.3 Å². The molecule has 3 atom stereocenters. The maximum absolute atomic E-state index is 14.4. The molecule has 4 aliphatic rings. The largest absolute Gasteiger partial charge is 0.461 e. The van der Waals surface area contributed by atoms with Crippen molar-refractivity contribution in [2.24, 2.45) is 0 Å². The minimum Gasteiger partial charge on any atom is -0.461 e. The van der Waals surface area contributed by atoms with Crippen LogP contribution in [0.2, 0.25) is 0 Å². The van der Waals surface area contributed by atoms with Gasteiger partial charge in [-0.15, -0.1) is 11.3 Å². The number of aromatic nitrogens is 5. The summed E-state index contributed by atoms with van der Waals surface area (Å²) in [5.74, 6) is 0.800. The molecule has 1 unspecified atom stereocenters. The van der Waals surface area contributed by atoms with Gasteiger partial charge < -0.3 is 25.3 Å². The summed E-state index contributed by atoms with van der Waals surface area (Å²) < 4.78 is 20.6. The number of hydrogen-bond donors (Lipinski definition) is 2. The minimum absolute atomic E-state index is 0.161. The van der Waals surface area contributed by atoms with Gasteiger partial charge in [0, 0.05) is 55.8 Å². The van der Waals surface area contributed by atoms with Crippen molar-refractivity contribution in [3.63, 3.8) is 0 Å². The van der Waals surface area contributed by atoms with Gasteiger partial charge >= 0.3 is 6.01 Å². The topological polar surface area (TPSA) is 153 Å². The number of thiophene rings is 1. The van der Waals surface area contributed by atoms with Gasteiger partial charge in [-0.3, -0.25) is 14.7 Å². The third kappa shape index (κ3) is 4.20. The van der Waals surface area contributed by atoms with E-state index < -0.39 is 12.2 Å². The number of aromatic amines is 1. The molecule has 1 spiro atoms. The van der Waals surface area contributed by atoms with E-state index in [0.29, 0.717) is 60.8 Å². The standard InChI is InChI=1S/C28H33FN10O2S/c1-16(21-23(40)33-8-7-32-21)37(2)24-34-25(36-26(35-24)41-15-28-5-3-9-39(28)12-17(29)10-28)38-13-27(14-38)6-4-19-20(27)18(11-30)22(31)42-19/h7-8,16-17H,3-6,9-10,12-15,31H2,1-2H3,(H,33,40)/t16?,17-,28+/m1/s1. The number of aryl methyl sites for hydroxylation is 1.